The Morgan fingerprint density at radius 3 is 1.02 bits per heavy atom. The van der Waals surface area contributed by atoms with Crippen molar-refractivity contribution < 1.29 is 22.7 Å². The summed E-state index contributed by atoms with van der Waals surface area (Å²) < 4.78 is 16.1. The maximum Gasteiger partial charge on any atom is 0.220 e. The lowest BCUT2D eigenvalue weighted by atomic mass is 9.79. The van der Waals surface area contributed by atoms with Gasteiger partial charge < -0.3 is 4.42 Å². The minimum atomic E-state index is 0.00640. The molecular weight excluding hydrogens is 1460 g/mol. The summed E-state index contributed by atoms with van der Waals surface area (Å²) in [6.45, 7) is 51.0. The first-order valence-corrected chi connectivity index (χ1v) is 45.0. The van der Waals surface area contributed by atoms with E-state index in [1.54, 1.807) is 6.26 Å². The lowest BCUT2D eigenvalue weighted by Gasteiger charge is -2.25. The quantitative estimate of drug-likeness (QED) is 0.0887. The molecule has 6 heterocycles. The van der Waals surface area contributed by atoms with Gasteiger partial charge in [0.1, 0.15) is 33.8 Å². The zero-order chi connectivity index (χ0) is 85.1. The maximum atomic E-state index is 5.68. The second-order valence-corrected chi connectivity index (χ2v) is 39.1. The second-order valence-electron chi connectivity index (χ2n) is 38.2. The van der Waals surface area contributed by atoms with Gasteiger partial charge in [0.2, 0.25) is 22.8 Å². The predicted molar refractivity (Wildman–Crippen MR) is 511 cm³/mol. The Bertz CT molecular complexity index is 6230. The zero-order valence-corrected chi connectivity index (χ0v) is 76.9. The Balaban J connectivity index is 0.000000131. The molecule has 0 N–H and O–H groups in total. The van der Waals surface area contributed by atoms with Crippen molar-refractivity contribution in [1.82, 2.24) is 0 Å². The Hall–Kier alpha value is -10.4. The molecule has 0 bridgehead atoms. The molecule has 0 radical (unpaired) electrons. The summed E-state index contributed by atoms with van der Waals surface area (Å²) in [6.07, 6.45) is 10.6. The summed E-state index contributed by atoms with van der Waals surface area (Å²) in [5, 5.41) is 17.8. The van der Waals surface area contributed by atoms with E-state index in [-0.39, 0.29) is 5.41 Å². The first-order valence-electron chi connectivity index (χ1n) is 44.1. The van der Waals surface area contributed by atoms with Crippen LogP contribution >= 0.6 is 11.3 Å². The largest absolute Gasteiger partial charge is 0.464 e. The lowest BCUT2D eigenvalue weighted by molar-refractivity contribution is -0.659. The van der Waals surface area contributed by atoms with Crippen LogP contribution in [0, 0.1) is 75.0 Å². The van der Waals surface area contributed by atoms with Crippen LogP contribution in [0.25, 0.3) is 131 Å². The molecule has 0 amide bonds. The van der Waals surface area contributed by atoms with Gasteiger partial charge >= 0.3 is 0 Å². The van der Waals surface area contributed by atoms with Gasteiger partial charge in [-0.25, -0.2) is 18.3 Å². The summed E-state index contributed by atoms with van der Waals surface area (Å²) in [6, 6.07) is 77.9. The topological polar surface area (TPSA) is 28.7 Å². The first-order chi connectivity index (χ1) is 56.7. The van der Waals surface area contributed by atoms with Crippen molar-refractivity contribution in [1.29, 1.82) is 0 Å². The van der Waals surface area contributed by atoms with Gasteiger partial charge in [-0.2, -0.15) is 0 Å². The molecule has 0 aliphatic heterocycles. The molecule has 0 saturated heterocycles. The Kier molecular flexibility index (Phi) is 24.8. The van der Waals surface area contributed by atoms with Crippen molar-refractivity contribution in [2.75, 3.05) is 0 Å². The number of aryl methyl sites for hydroxylation is 8. The number of nitrogens with zero attached hydrogens (tertiary/aromatic N) is 4. The second kappa shape index (κ2) is 34.7. The van der Waals surface area contributed by atoms with E-state index in [1.807, 2.05) is 17.4 Å². The van der Waals surface area contributed by atoms with E-state index in [9.17, 15) is 0 Å². The Labute approximate surface area is 715 Å². The predicted octanol–water partition coefficient (Wildman–Crippen LogP) is 29.6. The summed E-state index contributed by atoms with van der Waals surface area (Å²) >= 11 is 1.82. The number of rotatable bonds is 16. The van der Waals surface area contributed by atoms with Gasteiger partial charge in [-0.15, -0.1) is 11.3 Å². The van der Waals surface area contributed by atoms with Crippen LogP contribution in [0.4, 0.5) is 0 Å². The van der Waals surface area contributed by atoms with Crippen molar-refractivity contribution in [3.05, 3.63) is 298 Å². The molecule has 1 aliphatic carbocycles. The molecule has 6 heteroatoms. The van der Waals surface area contributed by atoms with Crippen molar-refractivity contribution in [3.63, 3.8) is 0 Å². The highest BCUT2D eigenvalue weighted by molar-refractivity contribution is 7.17. The maximum absolute atomic E-state index is 5.68. The van der Waals surface area contributed by atoms with Crippen LogP contribution in [0.2, 0.25) is 0 Å². The van der Waals surface area contributed by atoms with Crippen molar-refractivity contribution >= 4 is 86.3 Å². The fraction of sp³-hybridized carbons (Fsp3) is 0.345. The van der Waals surface area contributed by atoms with Crippen molar-refractivity contribution in [2.45, 2.75) is 181 Å². The molecule has 0 fully saturated rings. The third kappa shape index (κ3) is 16.8. The fourth-order valence-corrected chi connectivity index (χ4v) is 22.2. The number of aromatic nitrogens is 4. The highest BCUT2D eigenvalue weighted by atomic mass is 32.1. The first kappa shape index (κ1) is 85.0. The Morgan fingerprint density at radius 1 is 0.277 bits per heavy atom. The van der Waals surface area contributed by atoms with Crippen molar-refractivity contribution in [2.24, 2.45) is 75.5 Å². The molecular formula is C113H130N4OS+4. The van der Waals surface area contributed by atoms with Crippen LogP contribution in [0.1, 0.15) is 204 Å². The van der Waals surface area contributed by atoms with Crippen LogP contribution in [0.15, 0.2) is 247 Å². The number of hydrogen-bond donors (Lipinski definition) is 0. The number of furan rings is 1. The highest BCUT2D eigenvalue weighted by Gasteiger charge is 2.37. The number of fused-ring (bicyclic) bond motifs is 10. The normalized spacial score (nSPS) is 12.8. The molecule has 0 saturated carbocycles. The van der Waals surface area contributed by atoms with Gasteiger partial charge in [0.05, 0.1) is 50.1 Å². The van der Waals surface area contributed by atoms with E-state index < -0.39 is 0 Å². The van der Waals surface area contributed by atoms with Gasteiger partial charge in [-0.3, -0.25) is 0 Å². The molecule has 17 rings (SSSR count). The van der Waals surface area contributed by atoms with Gasteiger partial charge in [-0.1, -0.05) is 234 Å². The van der Waals surface area contributed by atoms with E-state index in [4.69, 9.17) is 4.42 Å². The number of pyridine rings is 4. The van der Waals surface area contributed by atoms with Crippen molar-refractivity contribution in [3.8, 4) is 56.2 Å². The average Bonchev–Trinajstić information content (AvgIpc) is 1.58. The third-order valence-electron chi connectivity index (χ3n) is 26.6. The van der Waals surface area contributed by atoms with Crippen LogP contribution in [0.5, 0.6) is 0 Å². The van der Waals surface area contributed by atoms with E-state index in [1.165, 1.54) is 176 Å². The molecule has 6 aromatic heterocycles. The minimum Gasteiger partial charge on any atom is -0.464 e. The number of benzene rings is 10. The molecule has 16 aromatic rings. The summed E-state index contributed by atoms with van der Waals surface area (Å²) in [7, 11) is 8.62. The average molecular weight is 1590 g/mol. The molecule has 0 atom stereocenters. The molecule has 1 aliphatic rings. The zero-order valence-electron chi connectivity index (χ0n) is 76.1. The van der Waals surface area contributed by atoms with Crippen LogP contribution in [0.3, 0.4) is 0 Å². The summed E-state index contributed by atoms with van der Waals surface area (Å²) in [5.74, 6) is 7.36. The monoisotopic (exact) mass is 1590 g/mol. The molecule has 5 nitrogen and oxygen atoms in total. The van der Waals surface area contributed by atoms with E-state index in [0.29, 0.717) is 71.0 Å². The lowest BCUT2D eigenvalue weighted by Crippen LogP contribution is -2.31. The van der Waals surface area contributed by atoms with E-state index in [2.05, 4.69) is 429 Å². The highest BCUT2D eigenvalue weighted by Crippen LogP contribution is 2.51. The van der Waals surface area contributed by atoms with E-state index >= 15 is 0 Å². The van der Waals surface area contributed by atoms with Gasteiger partial charge in [-0.05, 0) is 281 Å². The molecule has 0 spiro atoms. The van der Waals surface area contributed by atoms with E-state index in [0.717, 1.165) is 11.0 Å². The number of thiophene rings is 1. The minimum absolute atomic E-state index is 0.00640. The molecule has 0 unspecified atom stereocenters. The molecule has 610 valence electrons. The van der Waals surface area contributed by atoms with Gasteiger partial charge in [0, 0.05) is 39.8 Å². The fourth-order valence-electron chi connectivity index (χ4n) is 21.4. The summed E-state index contributed by atoms with van der Waals surface area (Å²) in [5.41, 5.74) is 28.0. The van der Waals surface area contributed by atoms with Gasteiger partial charge in [0.15, 0.2) is 24.8 Å². The number of hydrogen-bond acceptors (Lipinski definition) is 2. The van der Waals surface area contributed by atoms with Crippen LogP contribution in [-0.2, 0) is 33.6 Å². The molecule has 119 heavy (non-hydrogen) atoms. The van der Waals surface area contributed by atoms with Crippen LogP contribution in [-0.4, -0.2) is 0 Å². The smallest absolute Gasteiger partial charge is 0.220 e. The third-order valence-corrected chi connectivity index (χ3v) is 27.5. The van der Waals surface area contributed by atoms with Gasteiger partial charge in [0.25, 0.3) is 0 Å². The van der Waals surface area contributed by atoms with Crippen LogP contribution < -0.4 is 18.3 Å². The molecule has 10 aromatic carbocycles. The Morgan fingerprint density at radius 2 is 0.613 bits per heavy atom. The summed E-state index contributed by atoms with van der Waals surface area (Å²) in [4.78, 5) is 0. The SMILES string of the molecule is Cc1cc2c(cc1-c1c3ccc(C(C(C)C)C(C)C)cc3cc[n+]1C)C(C)(C)c1ccccc1-2.Cc1cc2ccccc2cc1-c1c2ccc(C(C(C)C)C(C)C)cc2cc[n+]1C.Cc1cc2ccoc2cc1-c1c2ccc(C(C(C)C)C(C)C)cc2cc[n+]1C.Cc1cc2ccsc2cc1-c1c2ccc(C(C(C)C)C(C)C)cc2cc[n+]1C. The standard InChI is InChI=1S/C33H38N.C28H32N.C26H30NO.C26H30NS/c1-20(2)31(21(3)4)24-13-14-25-23(18-24)15-16-34(8)32(25)27-19-30-28(17-22(27)5)26-11-9-10-12-29(26)33(30,6)7;1-18(2)27(19(3)4)24-11-12-25-23(16-24)13-14-29(6)28(25)26-17-22-10-8-7-9-21(22)15-20(26)5;2*1-16(2)25(17(3)4)21-7-8-22-19(14-21)9-11-27(6)26(22)23-15-24-20(10-12-28-24)13-18(23)5/h9-21,31H,1-8H3;7-19,27H,1-6H3;2*7-17,25H,1-6H3/q4*+1.